The molecule has 0 aromatic heterocycles. The number of amides is 2. The van der Waals surface area contributed by atoms with E-state index in [2.05, 4.69) is 22.8 Å². The minimum absolute atomic E-state index is 0.00841. The van der Waals surface area contributed by atoms with E-state index in [9.17, 15) is 9.59 Å². The molecule has 1 aromatic rings. The average Bonchev–Trinajstić information content (AvgIpc) is 2.69. The zero-order valence-corrected chi connectivity index (χ0v) is 17.7. The molecule has 5 nitrogen and oxygen atoms in total. The van der Waals surface area contributed by atoms with Gasteiger partial charge in [-0.15, -0.1) is 11.8 Å². The summed E-state index contributed by atoms with van der Waals surface area (Å²) in [5, 5.41) is 6.38. The number of ether oxygens (including phenoxy) is 1. The van der Waals surface area contributed by atoms with Gasteiger partial charge in [0.1, 0.15) is 0 Å². The Bertz CT molecular complexity index is 737. The van der Waals surface area contributed by atoms with Crippen molar-refractivity contribution < 1.29 is 14.3 Å². The molecule has 1 aromatic carbocycles. The Labute approximate surface area is 171 Å². The maximum Gasteiger partial charge on any atom is 0.338 e. The van der Waals surface area contributed by atoms with E-state index in [-0.39, 0.29) is 17.9 Å². The Morgan fingerprint density at radius 1 is 1.18 bits per heavy atom. The largest absolute Gasteiger partial charge is 0.463 e. The van der Waals surface area contributed by atoms with Gasteiger partial charge in [-0.05, 0) is 43.4 Å². The molecule has 1 fully saturated rings. The lowest BCUT2D eigenvalue weighted by Crippen LogP contribution is -2.47. The van der Waals surface area contributed by atoms with Crippen LogP contribution >= 0.6 is 11.8 Å². The first-order valence-electron chi connectivity index (χ1n) is 10.2. The van der Waals surface area contributed by atoms with Gasteiger partial charge in [0.05, 0.1) is 18.2 Å². The highest BCUT2D eigenvalue weighted by atomic mass is 32.2. The molecule has 1 heterocycles. The lowest BCUT2D eigenvalue weighted by molar-refractivity contribution is -0.139. The number of hydrogen-bond donors (Lipinski definition) is 2. The molecule has 0 saturated heterocycles. The minimum Gasteiger partial charge on any atom is -0.463 e. The number of hydrogen-bond acceptors (Lipinski definition) is 4. The molecule has 1 atom stereocenters. The minimum atomic E-state index is -0.501. The molecule has 0 spiro atoms. The maximum absolute atomic E-state index is 12.7. The zero-order valence-electron chi connectivity index (χ0n) is 16.9. The molecule has 1 unspecified atom stereocenters. The normalized spacial score (nSPS) is 20.7. The molecule has 3 rings (SSSR count). The van der Waals surface area contributed by atoms with E-state index in [1.165, 1.54) is 37.0 Å². The van der Waals surface area contributed by atoms with Crippen LogP contribution in [0.15, 0.2) is 40.4 Å². The smallest absolute Gasteiger partial charge is 0.338 e. The zero-order chi connectivity index (χ0) is 20.1. The summed E-state index contributed by atoms with van der Waals surface area (Å²) in [6.07, 6.45) is 6.56. The number of esters is 1. The molecule has 1 aliphatic carbocycles. The summed E-state index contributed by atoms with van der Waals surface area (Å²) < 4.78 is 5.28. The van der Waals surface area contributed by atoms with Crippen LogP contribution in [0.4, 0.5) is 4.79 Å². The van der Waals surface area contributed by atoms with Gasteiger partial charge in [-0.2, -0.15) is 0 Å². The number of urea groups is 1. The van der Waals surface area contributed by atoms with Gasteiger partial charge in [-0.3, -0.25) is 0 Å². The van der Waals surface area contributed by atoms with E-state index in [1.54, 1.807) is 6.92 Å². The summed E-state index contributed by atoms with van der Waals surface area (Å²) >= 11 is 1.94. The highest BCUT2D eigenvalue weighted by molar-refractivity contribution is 8.00. The van der Waals surface area contributed by atoms with Crippen LogP contribution < -0.4 is 10.6 Å². The molecule has 2 N–H and O–H groups in total. The molecular weight excluding hydrogens is 372 g/mol. The molecule has 2 amide bonds. The van der Waals surface area contributed by atoms with Gasteiger partial charge in [-0.25, -0.2) is 9.59 Å². The van der Waals surface area contributed by atoms with Crippen LogP contribution in [0.25, 0.3) is 0 Å². The lowest BCUT2D eigenvalue weighted by Gasteiger charge is -2.31. The van der Waals surface area contributed by atoms with Crippen molar-refractivity contribution in [3.63, 3.8) is 0 Å². The fraction of sp³-hybridized carbons (Fsp3) is 0.545. The molecule has 28 heavy (non-hydrogen) atoms. The van der Waals surface area contributed by atoms with Gasteiger partial charge in [0.2, 0.25) is 0 Å². The van der Waals surface area contributed by atoms with E-state index in [0.29, 0.717) is 23.1 Å². The Morgan fingerprint density at radius 3 is 2.46 bits per heavy atom. The van der Waals surface area contributed by atoms with Gasteiger partial charge in [0.15, 0.2) is 0 Å². The first kappa shape index (κ1) is 20.8. The number of thioether (sulfide) groups is 1. The predicted octanol–water partition coefficient (Wildman–Crippen LogP) is 4.94. The van der Waals surface area contributed by atoms with Crippen LogP contribution in [-0.4, -0.2) is 23.9 Å². The summed E-state index contributed by atoms with van der Waals surface area (Å²) in [6, 6.07) is 7.43. The van der Waals surface area contributed by atoms with Crippen molar-refractivity contribution in [3.05, 3.63) is 41.1 Å². The number of rotatable bonds is 6. The van der Waals surface area contributed by atoms with Crippen molar-refractivity contribution in [2.45, 2.75) is 69.1 Å². The monoisotopic (exact) mass is 402 g/mol. The second-order valence-electron chi connectivity index (χ2n) is 7.68. The third-order valence-electron chi connectivity index (χ3n) is 5.24. The topological polar surface area (TPSA) is 67.4 Å². The Hall–Kier alpha value is -1.95. The summed E-state index contributed by atoms with van der Waals surface area (Å²) in [4.78, 5) is 26.1. The van der Waals surface area contributed by atoms with E-state index in [4.69, 9.17) is 4.74 Å². The van der Waals surface area contributed by atoms with Crippen molar-refractivity contribution in [2.75, 3.05) is 6.61 Å². The number of carbonyl (C=O) groups excluding carboxylic acids is 2. The molecule has 0 bridgehead atoms. The van der Waals surface area contributed by atoms with Crippen molar-refractivity contribution in [1.82, 2.24) is 10.6 Å². The molecule has 1 saturated carbocycles. The predicted molar refractivity (Wildman–Crippen MR) is 112 cm³/mol. The highest BCUT2D eigenvalue weighted by Crippen LogP contribution is 2.35. The average molecular weight is 403 g/mol. The Kier molecular flexibility index (Phi) is 7.05. The van der Waals surface area contributed by atoms with Crippen molar-refractivity contribution in [3.8, 4) is 0 Å². The Balaban J connectivity index is 1.85. The van der Waals surface area contributed by atoms with Gasteiger partial charge in [-0.1, -0.05) is 45.2 Å². The maximum atomic E-state index is 12.7. The standard InChI is InChI=1S/C22H30N2O3S/c1-4-27-21(25)18-19(14(2)3)23-22(26)24-20(18)15-10-12-17(13-11-15)28-16-8-6-5-7-9-16/h10-14,16,20H,4-9H2,1-3H3,(H2,23,24,26). The number of benzene rings is 1. The first-order chi connectivity index (χ1) is 13.5. The van der Waals surface area contributed by atoms with Crippen molar-refractivity contribution in [2.24, 2.45) is 5.92 Å². The SMILES string of the molecule is CCOC(=O)C1=C(C(C)C)NC(=O)NC1c1ccc(SC2CCCCC2)cc1. The summed E-state index contributed by atoms with van der Waals surface area (Å²) in [5.74, 6) is -0.376. The van der Waals surface area contributed by atoms with E-state index >= 15 is 0 Å². The quantitative estimate of drug-likeness (QED) is 0.662. The van der Waals surface area contributed by atoms with Crippen LogP contribution in [0.2, 0.25) is 0 Å². The summed E-state index contributed by atoms with van der Waals surface area (Å²) in [5.41, 5.74) is 2.01. The van der Waals surface area contributed by atoms with Crippen LogP contribution in [0, 0.1) is 5.92 Å². The summed E-state index contributed by atoms with van der Waals surface area (Å²) in [6.45, 7) is 6.00. The Morgan fingerprint density at radius 2 is 1.86 bits per heavy atom. The second kappa shape index (κ2) is 9.50. The molecule has 2 aliphatic rings. The molecule has 152 valence electrons. The van der Waals surface area contributed by atoms with Crippen LogP contribution in [-0.2, 0) is 9.53 Å². The molecular formula is C22H30N2O3S. The fourth-order valence-electron chi connectivity index (χ4n) is 3.84. The summed E-state index contributed by atoms with van der Waals surface area (Å²) in [7, 11) is 0. The van der Waals surface area contributed by atoms with Crippen LogP contribution in [0.3, 0.4) is 0 Å². The van der Waals surface area contributed by atoms with Crippen LogP contribution in [0.5, 0.6) is 0 Å². The second-order valence-corrected chi connectivity index (χ2v) is 9.05. The number of carbonyl (C=O) groups is 2. The van der Waals surface area contributed by atoms with Gasteiger partial charge >= 0.3 is 12.0 Å². The third kappa shape index (κ3) is 4.90. The number of nitrogens with one attached hydrogen (secondary N) is 2. The van der Waals surface area contributed by atoms with Gasteiger partial charge in [0.25, 0.3) is 0 Å². The van der Waals surface area contributed by atoms with E-state index < -0.39 is 6.04 Å². The molecule has 1 aliphatic heterocycles. The van der Waals surface area contributed by atoms with E-state index in [0.717, 1.165) is 5.56 Å². The van der Waals surface area contributed by atoms with Gasteiger partial charge < -0.3 is 15.4 Å². The fourth-order valence-corrected chi connectivity index (χ4v) is 5.09. The third-order valence-corrected chi connectivity index (χ3v) is 6.59. The van der Waals surface area contributed by atoms with Crippen LogP contribution in [0.1, 0.15) is 64.5 Å². The highest BCUT2D eigenvalue weighted by Gasteiger charge is 2.34. The lowest BCUT2D eigenvalue weighted by atomic mass is 9.91. The number of allylic oxidation sites excluding steroid dienone is 1. The molecule has 6 heteroatoms. The van der Waals surface area contributed by atoms with Crippen molar-refractivity contribution in [1.29, 1.82) is 0 Å². The van der Waals surface area contributed by atoms with Gasteiger partial charge in [0, 0.05) is 15.8 Å². The van der Waals surface area contributed by atoms with E-state index in [1.807, 2.05) is 37.7 Å². The first-order valence-corrected chi connectivity index (χ1v) is 11.1. The van der Waals surface area contributed by atoms with Crippen molar-refractivity contribution >= 4 is 23.8 Å². The molecule has 0 radical (unpaired) electrons.